The molecule has 1 amide bonds. The van der Waals surface area contributed by atoms with Gasteiger partial charge >= 0.3 is 6.36 Å². The summed E-state index contributed by atoms with van der Waals surface area (Å²) < 4.78 is 56.4. The van der Waals surface area contributed by atoms with Gasteiger partial charge in [-0.1, -0.05) is 0 Å². The minimum absolute atomic E-state index is 0.000579. The highest BCUT2D eigenvalue weighted by molar-refractivity contribution is 5.81. The Kier molecular flexibility index (Phi) is 6.61. The van der Waals surface area contributed by atoms with Gasteiger partial charge in [-0.15, -0.1) is 13.2 Å². The summed E-state index contributed by atoms with van der Waals surface area (Å²) >= 11 is 0. The summed E-state index contributed by atoms with van der Waals surface area (Å²) in [6.07, 6.45) is -2.69. The van der Waals surface area contributed by atoms with Crippen LogP contribution in [0.1, 0.15) is 6.42 Å². The number of nitrogens with zero attached hydrogens (tertiary/aromatic N) is 3. The maximum absolute atomic E-state index is 13.8. The van der Waals surface area contributed by atoms with Gasteiger partial charge in [-0.2, -0.15) is 0 Å². The summed E-state index contributed by atoms with van der Waals surface area (Å²) in [5.74, 6) is -0.919. The number of likely N-dealkylation sites (tertiary alicyclic amines) is 1. The smallest absolute Gasteiger partial charge is 0.361 e. The van der Waals surface area contributed by atoms with E-state index in [2.05, 4.69) is 15.3 Å². The molecule has 6 nitrogen and oxygen atoms in total. The summed E-state index contributed by atoms with van der Waals surface area (Å²) in [5, 5.41) is 9.42. The molecule has 2 N–H and O–H groups in total. The van der Waals surface area contributed by atoms with E-state index in [0.717, 1.165) is 25.6 Å². The molecule has 11 heteroatoms. The van der Waals surface area contributed by atoms with Crippen LogP contribution >= 0.6 is 0 Å². The number of benzene rings is 1. The van der Waals surface area contributed by atoms with Crippen LogP contribution in [-0.2, 0) is 4.79 Å². The quantitative estimate of drug-likeness (QED) is 0.785. The van der Waals surface area contributed by atoms with Crippen molar-refractivity contribution in [2.24, 2.45) is 0 Å². The van der Waals surface area contributed by atoms with E-state index in [1.807, 2.05) is 0 Å². The Balaban J connectivity index is 0.000000465. The first-order valence-corrected chi connectivity index (χ1v) is 7.71. The number of anilines is 1. The van der Waals surface area contributed by atoms with Crippen molar-refractivity contribution in [3.05, 3.63) is 42.2 Å². The second-order valence-corrected chi connectivity index (χ2v) is 5.47. The standard InChI is InChI=1S/C15H14F2N4O.CHF3O/c16-10-2-3-11(12(17)6-10)13-7-14(20-9-19-13)18-8-15(22)21-4-1-5-21;2-1(3,4)5/h2-3,6-7,9H,1,4-5,8H2,(H,18,19,20);5H. The molecule has 0 aliphatic carbocycles. The Hall–Kier alpha value is -2.82. The van der Waals surface area contributed by atoms with Crippen molar-refractivity contribution in [3.63, 3.8) is 0 Å². The van der Waals surface area contributed by atoms with E-state index in [0.29, 0.717) is 11.5 Å². The summed E-state index contributed by atoms with van der Waals surface area (Å²) in [7, 11) is 0. The van der Waals surface area contributed by atoms with Crippen LogP contribution in [-0.4, -0.2) is 51.9 Å². The Labute approximate surface area is 150 Å². The van der Waals surface area contributed by atoms with Crippen LogP contribution in [0.15, 0.2) is 30.6 Å². The molecular weight excluding hydrogens is 375 g/mol. The van der Waals surface area contributed by atoms with Gasteiger partial charge in [0.1, 0.15) is 23.8 Å². The topological polar surface area (TPSA) is 78.4 Å². The first kappa shape index (κ1) is 20.5. The molecule has 2 aromatic rings. The van der Waals surface area contributed by atoms with Gasteiger partial charge in [0.2, 0.25) is 5.91 Å². The molecule has 1 saturated heterocycles. The normalized spacial score (nSPS) is 13.3. The fourth-order valence-corrected chi connectivity index (χ4v) is 2.14. The van der Waals surface area contributed by atoms with Gasteiger partial charge in [-0.3, -0.25) is 4.79 Å². The largest absolute Gasteiger partial charge is 0.519 e. The van der Waals surface area contributed by atoms with Crippen LogP contribution < -0.4 is 5.32 Å². The van der Waals surface area contributed by atoms with E-state index in [1.165, 1.54) is 24.5 Å². The summed E-state index contributed by atoms with van der Waals surface area (Å²) in [6.45, 7) is 1.70. The molecule has 1 fully saturated rings. The van der Waals surface area contributed by atoms with Crippen molar-refractivity contribution in [2.75, 3.05) is 25.0 Å². The van der Waals surface area contributed by atoms with Crippen LogP contribution in [0.2, 0.25) is 0 Å². The molecule has 1 aliphatic heterocycles. The van der Waals surface area contributed by atoms with Gasteiger partial charge in [0.15, 0.2) is 0 Å². The van der Waals surface area contributed by atoms with E-state index in [4.69, 9.17) is 5.11 Å². The van der Waals surface area contributed by atoms with E-state index in [-0.39, 0.29) is 18.0 Å². The highest BCUT2D eigenvalue weighted by Gasteiger charge is 2.20. The average Bonchev–Trinajstić information content (AvgIpc) is 2.50. The molecular formula is C16H15F5N4O2. The zero-order chi connectivity index (χ0) is 20.0. The minimum Gasteiger partial charge on any atom is -0.361 e. The first-order chi connectivity index (χ1) is 12.6. The number of carbonyl (C=O) groups excluding carboxylic acids is 1. The van der Waals surface area contributed by atoms with Crippen molar-refractivity contribution >= 4 is 11.7 Å². The third-order valence-electron chi connectivity index (χ3n) is 3.50. The zero-order valence-electron chi connectivity index (χ0n) is 13.8. The fraction of sp³-hybridized carbons (Fsp3) is 0.312. The second kappa shape index (κ2) is 8.71. The molecule has 0 spiro atoms. The number of carbonyl (C=O) groups is 1. The van der Waals surface area contributed by atoms with Gasteiger partial charge in [0.25, 0.3) is 0 Å². The van der Waals surface area contributed by atoms with Crippen molar-refractivity contribution in [1.29, 1.82) is 0 Å². The van der Waals surface area contributed by atoms with E-state index >= 15 is 0 Å². The zero-order valence-corrected chi connectivity index (χ0v) is 13.8. The van der Waals surface area contributed by atoms with Crippen LogP contribution in [0, 0.1) is 11.6 Å². The average molecular weight is 390 g/mol. The SMILES string of the molecule is O=C(CNc1cc(-c2ccc(F)cc2F)ncn1)N1CCC1.OC(F)(F)F. The number of amides is 1. The highest BCUT2D eigenvalue weighted by Crippen LogP contribution is 2.22. The van der Waals surface area contributed by atoms with Crippen LogP contribution in [0.25, 0.3) is 11.3 Å². The van der Waals surface area contributed by atoms with Gasteiger partial charge < -0.3 is 15.3 Å². The molecule has 27 heavy (non-hydrogen) atoms. The molecule has 0 bridgehead atoms. The molecule has 1 aliphatic rings. The first-order valence-electron chi connectivity index (χ1n) is 7.71. The molecule has 146 valence electrons. The molecule has 0 saturated carbocycles. The maximum Gasteiger partial charge on any atom is 0.519 e. The lowest BCUT2D eigenvalue weighted by atomic mass is 10.1. The van der Waals surface area contributed by atoms with Gasteiger partial charge in [-0.25, -0.2) is 18.7 Å². The van der Waals surface area contributed by atoms with Crippen LogP contribution in [0.4, 0.5) is 27.8 Å². The Morgan fingerprint density at radius 3 is 2.41 bits per heavy atom. The van der Waals surface area contributed by atoms with Crippen molar-refractivity contribution in [3.8, 4) is 11.3 Å². The predicted molar refractivity (Wildman–Crippen MR) is 85.3 cm³/mol. The molecule has 0 unspecified atom stereocenters. The number of nitrogens with one attached hydrogen (secondary N) is 1. The number of aliphatic hydroxyl groups is 1. The van der Waals surface area contributed by atoms with Crippen molar-refractivity contribution in [2.45, 2.75) is 12.8 Å². The van der Waals surface area contributed by atoms with Gasteiger partial charge in [0.05, 0.1) is 12.2 Å². The van der Waals surface area contributed by atoms with E-state index < -0.39 is 18.0 Å². The van der Waals surface area contributed by atoms with E-state index in [1.54, 1.807) is 4.90 Å². The lowest BCUT2D eigenvalue weighted by Crippen LogP contribution is -2.44. The molecule has 0 radical (unpaired) electrons. The molecule has 2 heterocycles. The summed E-state index contributed by atoms with van der Waals surface area (Å²) in [5.41, 5.74) is 0.507. The lowest BCUT2D eigenvalue weighted by molar-refractivity contribution is -0.295. The van der Waals surface area contributed by atoms with Crippen LogP contribution in [0.3, 0.4) is 0 Å². The molecule has 1 aromatic heterocycles. The van der Waals surface area contributed by atoms with Gasteiger partial charge in [0, 0.05) is 30.8 Å². The lowest BCUT2D eigenvalue weighted by Gasteiger charge is -2.30. The molecule has 3 rings (SSSR count). The van der Waals surface area contributed by atoms with Crippen LogP contribution in [0.5, 0.6) is 0 Å². The third-order valence-corrected chi connectivity index (χ3v) is 3.50. The Morgan fingerprint density at radius 1 is 1.19 bits per heavy atom. The molecule has 0 atom stereocenters. The highest BCUT2D eigenvalue weighted by atomic mass is 19.4. The minimum atomic E-state index is -5.00. The predicted octanol–water partition coefficient (Wildman–Crippen LogP) is 2.56. The summed E-state index contributed by atoms with van der Waals surface area (Å²) in [6, 6.07) is 4.82. The number of halogens is 5. The number of rotatable bonds is 4. The Morgan fingerprint density at radius 2 is 1.85 bits per heavy atom. The van der Waals surface area contributed by atoms with E-state index in [9.17, 15) is 26.7 Å². The Bertz CT molecular complexity index is 791. The van der Waals surface area contributed by atoms with Crippen molar-refractivity contribution in [1.82, 2.24) is 14.9 Å². The number of alkyl halides is 3. The number of hydrogen-bond donors (Lipinski definition) is 2. The third kappa shape index (κ3) is 6.77. The summed E-state index contributed by atoms with van der Waals surface area (Å²) in [4.78, 5) is 21.5. The van der Waals surface area contributed by atoms with Crippen molar-refractivity contribution < 1.29 is 31.9 Å². The fourth-order valence-electron chi connectivity index (χ4n) is 2.14. The second-order valence-electron chi connectivity index (χ2n) is 5.47. The van der Waals surface area contributed by atoms with Gasteiger partial charge in [-0.05, 0) is 18.6 Å². The maximum atomic E-state index is 13.8. The number of aromatic nitrogens is 2. The number of hydrogen-bond acceptors (Lipinski definition) is 5. The monoisotopic (exact) mass is 390 g/mol. The molecule has 1 aromatic carbocycles.